The molecule has 1 fully saturated rings. The fraction of sp³-hybridized carbons (Fsp3) is 0.316. The Kier molecular flexibility index (Phi) is 5.09. The topological polar surface area (TPSA) is 75.5 Å². The number of carbonyl (C=O) groups is 1. The second-order valence-corrected chi connectivity index (χ2v) is 6.35. The minimum absolute atomic E-state index is 0.00447. The molecule has 0 aliphatic carbocycles. The number of nitrogens with zero attached hydrogens (tertiary/aromatic N) is 2. The smallest absolute Gasteiger partial charge is 0.269 e. The summed E-state index contributed by atoms with van der Waals surface area (Å²) >= 11 is 0. The molecule has 0 bridgehead atoms. The van der Waals surface area contributed by atoms with Crippen molar-refractivity contribution in [2.75, 3.05) is 18.4 Å². The molecule has 1 aliphatic rings. The van der Waals surface area contributed by atoms with Crippen LogP contribution in [0.25, 0.3) is 0 Å². The van der Waals surface area contributed by atoms with Gasteiger partial charge in [0.2, 0.25) is 5.91 Å². The van der Waals surface area contributed by atoms with Gasteiger partial charge in [-0.25, -0.2) is 0 Å². The molecule has 1 saturated heterocycles. The van der Waals surface area contributed by atoms with Crippen LogP contribution in [0.2, 0.25) is 0 Å². The van der Waals surface area contributed by atoms with Crippen molar-refractivity contribution in [3.05, 3.63) is 69.8 Å². The van der Waals surface area contributed by atoms with Crippen molar-refractivity contribution in [1.29, 1.82) is 0 Å². The zero-order valence-electron chi connectivity index (χ0n) is 14.1. The number of amides is 1. The quantitative estimate of drug-likeness (QED) is 0.666. The highest BCUT2D eigenvalue weighted by Crippen LogP contribution is 2.29. The van der Waals surface area contributed by atoms with Gasteiger partial charge in [-0.2, -0.15) is 0 Å². The van der Waals surface area contributed by atoms with E-state index < -0.39 is 11.0 Å². The van der Waals surface area contributed by atoms with Gasteiger partial charge in [0.15, 0.2) is 0 Å². The first-order chi connectivity index (χ1) is 12.0. The van der Waals surface area contributed by atoms with E-state index in [0.29, 0.717) is 5.56 Å². The lowest BCUT2D eigenvalue weighted by molar-refractivity contribution is -0.384. The van der Waals surface area contributed by atoms with Gasteiger partial charge in [-0.15, -0.1) is 0 Å². The molecule has 1 atom stereocenters. The van der Waals surface area contributed by atoms with Gasteiger partial charge in [0.1, 0.15) is 6.04 Å². The number of likely N-dealkylation sites (tertiary alicyclic amines) is 1. The number of nitro benzene ring substituents is 1. The van der Waals surface area contributed by atoms with Gasteiger partial charge in [-0.3, -0.25) is 19.8 Å². The Bertz CT molecular complexity index is 768. The van der Waals surface area contributed by atoms with Crippen molar-refractivity contribution >= 4 is 17.3 Å². The molecule has 1 N–H and O–H groups in total. The third-order valence-electron chi connectivity index (χ3n) is 4.47. The monoisotopic (exact) mass is 339 g/mol. The van der Waals surface area contributed by atoms with E-state index in [9.17, 15) is 14.9 Å². The summed E-state index contributed by atoms with van der Waals surface area (Å²) in [6, 6.07) is 13.4. The molecule has 0 unspecified atom stereocenters. The summed E-state index contributed by atoms with van der Waals surface area (Å²) in [4.78, 5) is 25.7. The normalized spacial score (nSPS) is 15.7. The van der Waals surface area contributed by atoms with Crippen LogP contribution in [0.5, 0.6) is 0 Å². The summed E-state index contributed by atoms with van der Waals surface area (Å²) in [6.07, 6.45) is 2.06. The van der Waals surface area contributed by atoms with Crippen molar-refractivity contribution in [1.82, 2.24) is 4.90 Å². The maximum Gasteiger partial charge on any atom is 0.269 e. The van der Waals surface area contributed by atoms with Gasteiger partial charge >= 0.3 is 0 Å². The molecule has 3 rings (SSSR count). The van der Waals surface area contributed by atoms with Crippen LogP contribution in [0.3, 0.4) is 0 Å². The van der Waals surface area contributed by atoms with Crippen LogP contribution in [0.15, 0.2) is 48.5 Å². The first-order valence-corrected chi connectivity index (χ1v) is 8.40. The summed E-state index contributed by atoms with van der Waals surface area (Å²) in [6.45, 7) is 3.62. The molecule has 25 heavy (non-hydrogen) atoms. The van der Waals surface area contributed by atoms with Gasteiger partial charge in [0.05, 0.1) is 4.92 Å². The van der Waals surface area contributed by atoms with Crippen LogP contribution in [0.4, 0.5) is 11.4 Å². The molecule has 0 saturated carbocycles. The van der Waals surface area contributed by atoms with E-state index in [2.05, 4.69) is 10.2 Å². The van der Waals surface area contributed by atoms with Crippen molar-refractivity contribution in [2.45, 2.75) is 25.8 Å². The third kappa shape index (κ3) is 4.03. The molecule has 1 heterocycles. The number of hydrogen-bond donors (Lipinski definition) is 1. The second kappa shape index (κ2) is 7.44. The van der Waals surface area contributed by atoms with Gasteiger partial charge in [-0.05, 0) is 50.6 Å². The highest BCUT2D eigenvalue weighted by molar-refractivity contribution is 5.95. The third-order valence-corrected chi connectivity index (χ3v) is 4.47. The van der Waals surface area contributed by atoms with E-state index in [0.717, 1.165) is 37.2 Å². The Balaban J connectivity index is 1.89. The SMILES string of the molecule is Cc1ccc(NC(=O)[C@H](c2cccc([N+](=O)[O-])c2)N2CCCC2)cc1. The second-order valence-electron chi connectivity index (χ2n) is 6.35. The number of aryl methyl sites for hydroxylation is 1. The van der Waals surface area contributed by atoms with E-state index in [1.54, 1.807) is 12.1 Å². The standard InChI is InChI=1S/C19H21N3O3/c1-14-7-9-16(10-8-14)20-19(23)18(21-11-2-3-12-21)15-5-4-6-17(13-15)22(24)25/h4-10,13,18H,2-3,11-12H2,1H3,(H,20,23)/t18-/m0/s1. The number of nitro groups is 1. The summed E-state index contributed by atoms with van der Waals surface area (Å²) in [5.74, 6) is -0.161. The van der Waals surface area contributed by atoms with E-state index in [1.807, 2.05) is 31.2 Å². The number of hydrogen-bond acceptors (Lipinski definition) is 4. The zero-order valence-corrected chi connectivity index (χ0v) is 14.1. The molecule has 1 amide bonds. The maximum atomic E-state index is 12.9. The minimum Gasteiger partial charge on any atom is -0.324 e. The minimum atomic E-state index is -0.524. The Morgan fingerprint density at radius 1 is 1.16 bits per heavy atom. The molecular formula is C19H21N3O3. The van der Waals surface area contributed by atoms with Crippen molar-refractivity contribution in [2.24, 2.45) is 0 Å². The Labute approximate surface area is 146 Å². The van der Waals surface area contributed by atoms with Gasteiger partial charge in [-0.1, -0.05) is 29.8 Å². The van der Waals surface area contributed by atoms with Gasteiger partial charge in [0, 0.05) is 17.8 Å². The van der Waals surface area contributed by atoms with Crippen LogP contribution in [0.1, 0.15) is 30.0 Å². The van der Waals surface area contributed by atoms with Crippen molar-refractivity contribution in [3.63, 3.8) is 0 Å². The van der Waals surface area contributed by atoms with E-state index >= 15 is 0 Å². The van der Waals surface area contributed by atoms with E-state index in [1.165, 1.54) is 12.1 Å². The molecule has 0 radical (unpaired) electrons. The molecular weight excluding hydrogens is 318 g/mol. The van der Waals surface area contributed by atoms with Crippen LogP contribution >= 0.6 is 0 Å². The summed E-state index contributed by atoms with van der Waals surface area (Å²) in [7, 11) is 0. The highest BCUT2D eigenvalue weighted by atomic mass is 16.6. The number of carbonyl (C=O) groups excluding carboxylic acids is 1. The van der Waals surface area contributed by atoms with Crippen molar-refractivity contribution in [3.8, 4) is 0 Å². The summed E-state index contributed by atoms with van der Waals surface area (Å²) in [5, 5.41) is 14.0. The number of rotatable bonds is 5. The Morgan fingerprint density at radius 3 is 2.48 bits per heavy atom. The lowest BCUT2D eigenvalue weighted by Crippen LogP contribution is -2.35. The molecule has 2 aromatic rings. The van der Waals surface area contributed by atoms with E-state index in [4.69, 9.17) is 0 Å². The predicted octanol–water partition coefficient (Wildman–Crippen LogP) is 3.68. The first kappa shape index (κ1) is 17.1. The molecule has 6 nitrogen and oxygen atoms in total. The summed E-state index contributed by atoms with van der Waals surface area (Å²) < 4.78 is 0. The van der Waals surface area contributed by atoms with Crippen LogP contribution < -0.4 is 5.32 Å². The number of nitrogens with one attached hydrogen (secondary N) is 1. The van der Waals surface area contributed by atoms with E-state index in [-0.39, 0.29) is 11.6 Å². The van der Waals surface area contributed by atoms with Crippen LogP contribution in [-0.4, -0.2) is 28.8 Å². The average Bonchev–Trinajstić information content (AvgIpc) is 3.11. The van der Waals surface area contributed by atoms with Crippen molar-refractivity contribution < 1.29 is 9.72 Å². The number of benzene rings is 2. The van der Waals surface area contributed by atoms with Crippen LogP contribution in [-0.2, 0) is 4.79 Å². The Morgan fingerprint density at radius 2 is 1.84 bits per heavy atom. The largest absolute Gasteiger partial charge is 0.324 e. The first-order valence-electron chi connectivity index (χ1n) is 8.40. The van der Waals surface area contributed by atoms with Gasteiger partial charge < -0.3 is 5.32 Å². The molecule has 0 spiro atoms. The number of non-ortho nitro benzene ring substituents is 1. The summed E-state index contributed by atoms with van der Waals surface area (Å²) in [5.41, 5.74) is 2.50. The lowest BCUT2D eigenvalue weighted by Gasteiger charge is -2.26. The molecule has 2 aromatic carbocycles. The highest BCUT2D eigenvalue weighted by Gasteiger charge is 2.30. The molecule has 1 aliphatic heterocycles. The lowest BCUT2D eigenvalue weighted by atomic mass is 10.0. The average molecular weight is 339 g/mol. The zero-order chi connectivity index (χ0) is 17.8. The molecule has 130 valence electrons. The molecule has 6 heteroatoms. The molecule has 0 aromatic heterocycles. The fourth-order valence-corrected chi connectivity index (χ4v) is 3.18. The van der Waals surface area contributed by atoms with Gasteiger partial charge in [0.25, 0.3) is 5.69 Å². The van der Waals surface area contributed by atoms with Crippen LogP contribution in [0, 0.1) is 17.0 Å². The maximum absolute atomic E-state index is 12.9. The Hall–Kier alpha value is -2.73. The number of anilines is 1. The predicted molar refractivity (Wildman–Crippen MR) is 96.5 cm³/mol. The fourth-order valence-electron chi connectivity index (χ4n) is 3.18.